The molecule has 0 aromatic carbocycles. The molecule has 2 unspecified atom stereocenters. The molecule has 4 nitrogen and oxygen atoms in total. The van der Waals surface area contributed by atoms with Crippen molar-refractivity contribution < 1.29 is 4.79 Å². The van der Waals surface area contributed by atoms with Crippen molar-refractivity contribution in [1.29, 1.82) is 0 Å². The van der Waals surface area contributed by atoms with Gasteiger partial charge in [0.25, 0.3) is 0 Å². The molecule has 1 amide bonds. The zero-order chi connectivity index (χ0) is 13.0. The van der Waals surface area contributed by atoms with Crippen molar-refractivity contribution in [2.24, 2.45) is 17.6 Å². The Hall–Kier alpha value is -0.610. The number of nitrogens with zero attached hydrogens (tertiary/aromatic N) is 1. The Bertz CT molecular complexity index is 255. The van der Waals surface area contributed by atoms with Crippen LogP contribution in [-0.2, 0) is 4.79 Å². The molecule has 3 N–H and O–H groups in total. The summed E-state index contributed by atoms with van der Waals surface area (Å²) in [6, 6.07) is -0.0706. The van der Waals surface area contributed by atoms with Crippen molar-refractivity contribution >= 4 is 5.91 Å². The number of hydrogen-bond donors (Lipinski definition) is 2. The van der Waals surface area contributed by atoms with Gasteiger partial charge in [0.05, 0.1) is 6.04 Å². The predicted molar refractivity (Wildman–Crippen MR) is 70.6 cm³/mol. The van der Waals surface area contributed by atoms with Crippen LogP contribution in [0.3, 0.4) is 0 Å². The van der Waals surface area contributed by atoms with E-state index in [2.05, 4.69) is 38.0 Å². The summed E-state index contributed by atoms with van der Waals surface area (Å²) in [4.78, 5) is 14.2. The molecule has 0 saturated carbocycles. The summed E-state index contributed by atoms with van der Waals surface area (Å²) in [7, 11) is 2.12. The minimum atomic E-state index is -0.359. The number of hydrogen-bond acceptors (Lipinski definition) is 3. The van der Waals surface area contributed by atoms with Crippen LogP contribution in [-0.4, -0.2) is 43.0 Å². The Labute approximate surface area is 105 Å². The van der Waals surface area contributed by atoms with Gasteiger partial charge in [-0.25, -0.2) is 0 Å². The molecule has 3 atom stereocenters. The summed E-state index contributed by atoms with van der Waals surface area (Å²) in [6.07, 6.45) is 1.78. The molecule has 4 heteroatoms. The lowest BCUT2D eigenvalue weighted by Gasteiger charge is -2.35. The summed E-state index contributed by atoms with van der Waals surface area (Å²) in [6.45, 7) is 8.46. The molecule has 1 saturated heterocycles. The molecule has 0 aromatic heterocycles. The molecule has 0 radical (unpaired) electrons. The smallest absolute Gasteiger partial charge is 0.237 e. The first-order valence-electron chi connectivity index (χ1n) is 6.64. The fraction of sp³-hybridized carbons (Fsp3) is 0.923. The molecule has 17 heavy (non-hydrogen) atoms. The van der Waals surface area contributed by atoms with Crippen LogP contribution in [0.5, 0.6) is 0 Å². The molecule has 1 aliphatic heterocycles. The largest absolute Gasteiger partial charge is 0.352 e. The lowest BCUT2D eigenvalue weighted by Crippen LogP contribution is -2.52. The van der Waals surface area contributed by atoms with Crippen molar-refractivity contribution in [3.05, 3.63) is 0 Å². The highest BCUT2D eigenvalue weighted by Crippen LogP contribution is 2.15. The molecular formula is C13H27N3O. The Morgan fingerprint density at radius 1 is 1.53 bits per heavy atom. The lowest BCUT2D eigenvalue weighted by molar-refractivity contribution is -0.124. The Balaban J connectivity index is 2.40. The molecule has 1 fully saturated rings. The van der Waals surface area contributed by atoms with Crippen molar-refractivity contribution in [2.45, 2.75) is 45.7 Å². The maximum atomic E-state index is 11.9. The van der Waals surface area contributed by atoms with Crippen LogP contribution in [0.1, 0.15) is 33.6 Å². The normalized spacial score (nSPS) is 28.1. The van der Waals surface area contributed by atoms with Crippen LogP contribution in [0.15, 0.2) is 0 Å². The third-order valence-corrected chi connectivity index (χ3v) is 3.50. The summed E-state index contributed by atoms with van der Waals surface area (Å²) in [5.74, 6) is 0.981. The van der Waals surface area contributed by atoms with Gasteiger partial charge in [0.2, 0.25) is 5.91 Å². The molecule has 0 bridgehead atoms. The minimum absolute atomic E-state index is 0.0140. The lowest BCUT2D eigenvalue weighted by atomic mass is 9.93. The van der Waals surface area contributed by atoms with Gasteiger partial charge in [0.15, 0.2) is 0 Å². The fourth-order valence-electron chi connectivity index (χ4n) is 2.47. The van der Waals surface area contributed by atoms with E-state index in [1.54, 1.807) is 0 Å². The van der Waals surface area contributed by atoms with E-state index in [1.807, 2.05) is 0 Å². The highest BCUT2D eigenvalue weighted by Gasteiger charge is 2.27. The van der Waals surface area contributed by atoms with Gasteiger partial charge in [-0.15, -0.1) is 0 Å². The summed E-state index contributed by atoms with van der Waals surface area (Å²) >= 11 is 0. The summed E-state index contributed by atoms with van der Waals surface area (Å²) < 4.78 is 0. The highest BCUT2D eigenvalue weighted by atomic mass is 16.2. The van der Waals surface area contributed by atoms with E-state index in [-0.39, 0.29) is 18.0 Å². The van der Waals surface area contributed by atoms with Gasteiger partial charge in [-0.2, -0.15) is 0 Å². The molecular weight excluding hydrogens is 214 g/mol. The van der Waals surface area contributed by atoms with Crippen LogP contribution >= 0.6 is 0 Å². The second-order valence-corrected chi connectivity index (χ2v) is 5.88. The standard InChI is InChI=1S/C13H27N3O/c1-9(2)7-11(14)13(17)15-12-5-6-16(4)8-10(12)3/h9-12H,5-8,14H2,1-4H3,(H,15,17)/t10?,11-,12?/m0/s1. The van der Waals surface area contributed by atoms with Crippen molar-refractivity contribution in [1.82, 2.24) is 10.2 Å². The number of piperidine rings is 1. The third kappa shape index (κ3) is 4.64. The second-order valence-electron chi connectivity index (χ2n) is 5.88. The summed E-state index contributed by atoms with van der Waals surface area (Å²) in [5.41, 5.74) is 5.89. The fourth-order valence-corrected chi connectivity index (χ4v) is 2.47. The molecule has 0 spiro atoms. The Morgan fingerprint density at radius 2 is 2.18 bits per heavy atom. The topological polar surface area (TPSA) is 58.4 Å². The average molecular weight is 241 g/mol. The molecule has 1 rings (SSSR count). The van der Waals surface area contributed by atoms with Gasteiger partial charge >= 0.3 is 0 Å². The van der Waals surface area contributed by atoms with Gasteiger partial charge < -0.3 is 16.0 Å². The molecule has 0 aliphatic carbocycles. The monoisotopic (exact) mass is 241 g/mol. The molecule has 1 aliphatic rings. The molecule has 100 valence electrons. The quantitative estimate of drug-likeness (QED) is 0.766. The molecule has 0 aromatic rings. The maximum absolute atomic E-state index is 11.9. The van der Waals surface area contributed by atoms with Crippen molar-refractivity contribution in [2.75, 3.05) is 20.1 Å². The first kappa shape index (κ1) is 14.5. The van der Waals surface area contributed by atoms with Crippen molar-refractivity contribution in [3.63, 3.8) is 0 Å². The van der Waals surface area contributed by atoms with Crippen LogP contribution < -0.4 is 11.1 Å². The van der Waals surface area contributed by atoms with E-state index in [9.17, 15) is 4.79 Å². The Morgan fingerprint density at radius 3 is 2.71 bits per heavy atom. The van der Waals surface area contributed by atoms with Crippen LogP contribution in [0.25, 0.3) is 0 Å². The van der Waals surface area contributed by atoms with E-state index in [4.69, 9.17) is 5.73 Å². The van der Waals surface area contributed by atoms with Crippen LogP contribution in [0.2, 0.25) is 0 Å². The predicted octanol–water partition coefficient (Wildman–Crippen LogP) is 0.816. The number of nitrogens with two attached hydrogens (primary N) is 1. The summed E-state index contributed by atoms with van der Waals surface area (Å²) in [5, 5.41) is 3.10. The van der Waals surface area contributed by atoms with E-state index in [0.29, 0.717) is 11.8 Å². The number of carbonyl (C=O) groups is 1. The highest BCUT2D eigenvalue weighted by molar-refractivity contribution is 5.81. The third-order valence-electron chi connectivity index (χ3n) is 3.50. The minimum Gasteiger partial charge on any atom is -0.352 e. The van der Waals surface area contributed by atoms with E-state index < -0.39 is 0 Å². The number of amides is 1. The van der Waals surface area contributed by atoms with E-state index in [0.717, 1.165) is 25.9 Å². The second kappa shape index (κ2) is 6.36. The number of nitrogens with one attached hydrogen (secondary N) is 1. The van der Waals surface area contributed by atoms with Crippen LogP contribution in [0.4, 0.5) is 0 Å². The zero-order valence-corrected chi connectivity index (χ0v) is 11.6. The average Bonchev–Trinajstić information content (AvgIpc) is 2.21. The number of carbonyl (C=O) groups excluding carboxylic acids is 1. The van der Waals surface area contributed by atoms with Gasteiger partial charge in [0, 0.05) is 12.6 Å². The van der Waals surface area contributed by atoms with E-state index in [1.165, 1.54) is 0 Å². The van der Waals surface area contributed by atoms with Gasteiger partial charge in [-0.3, -0.25) is 4.79 Å². The first-order chi connectivity index (χ1) is 7.90. The van der Waals surface area contributed by atoms with Gasteiger partial charge in [0.1, 0.15) is 0 Å². The van der Waals surface area contributed by atoms with Gasteiger partial charge in [-0.05, 0) is 38.3 Å². The first-order valence-corrected chi connectivity index (χ1v) is 6.64. The van der Waals surface area contributed by atoms with Gasteiger partial charge in [-0.1, -0.05) is 20.8 Å². The number of rotatable bonds is 4. The van der Waals surface area contributed by atoms with Crippen molar-refractivity contribution in [3.8, 4) is 0 Å². The van der Waals surface area contributed by atoms with Crippen LogP contribution in [0, 0.1) is 11.8 Å². The number of likely N-dealkylation sites (tertiary alicyclic amines) is 1. The SMILES string of the molecule is CC(C)C[C@H](N)C(=O)NC1CCN(C)CC1C. The Kier molecular flexibility index (Phi) is 5.40. The zero-order valence-electron chi connectivity index (χ0n) is 11.6. The molecule has 1 heterocycles. The maximum Gasteiger partial charge on any atom is 0.237 e. The van der Waals surface area contributed by atoms with E-state index >= 15 is 0 Å².